The molecule has 0 bridgehead atoms. The van der Waals surface area contributed by atoms with E-state index in [1.54, 1.807) is 0 Å². The van der Waals surface area contributed by atoms with Gasteiger partial charge in [-0.15, -0.1) is 0 Å². The first-order chi connectivity index (χ1) is 51.5. The van der Waals surface area contributed by atoms with Crippen LogP contribution in [0.25, 0.3) is 67.5 Å². The molecule has 0 aliphatic heterocycles. The molecule has 0 fully saturated rings. The third-order valence-electron chi connectivity index (χ3n) is 21.6. The van der Waals surface area contributed by atoms with Gasteiger partial charge in [-0.05, 0) is 222 Å². The summed E-state index contributed by atoms with van der Waals surface area (Å²) in [6.45, 7) is 46.5. The zero-order valence-corrected chi connectivity index (χ0v) is 71.4. The Morgan fingerprint density at radius 2 is 0.454 bits per heavy atom. The molecule has 0 aliphatic rings. The Morgan fingerprint density at radius 3 is 0.778 bits per heavy atom. The van der Waals surface area contributed by atoms with Crippen molar-refractivity contribution in [2.24, 2.45) is 42.3 Å². The van der Waals surface area contributed by atoms with Gasteiger partial charge in [0.2, 0.25) is 34.2 Å². The van der Waals surface area contributed by atoms with Gasteiger partial charge in [-0.25, -0.2) is 27.4 Å². The van der Waals surface area contributed by atoms with Crippen LogP contribution in [-0.2, 0) is 80.8 Å². The van der Waals surface area contributed by atoms with Crippen LogP contribution in [0, 0.1) is 62.3 Å². The highest BCUT2D eigenvalue weighted by atomic mass is 14.9. The Morgan fingerprint density at radius 1 is 0.204 bits per heavy atom. The van der Waals surface area contributed by atoms with E-state index in [1.807, 2.05) is 0 Å². The van der Waals surface area contributed by atoms with Gasteiger partial charge < -0.3 is 0 Å². The average Bonchev–Trinajstić information content (AvgIpc) is 0.825. The normalized spacial score (nSPS) is 10.8. The van der Waals surface area contributed by atoms with Crippen LogP contribution in [0.3, 0.4) is 0 Å². The van der Waals surface area contributed by atoms with E-state index in [0.29, 0.717) is 17.8 Å². The number of hydrogen-bond donors (Lipinski definition) is 0. The summed E-state index contributed by atoms with van der Waals surface area (Å²) < 4.78 is 13.4. The predicted molar refractivity (Wildman–Crippen MR) is 459 cm³/mol. The smallest absolute Gasteiger partial charge is 0.201 e. The zero-order chi connectivity index (χ0) is 79.2. The lowest BCUT2D eigenvalue weighted by molar-refractivity contribution is -0.661. The monoisotopic (exact) mass is 1440 g/mol. The van der Waals surface area contributed by atoms with Gasteiger partial charge in [-0.2, -0.15) is 0 Å². The lowest BCUT2D eigenvalue weighted by Gasteiger charge is -2.13. The third-order valence-corrected chi connectivity index (χ3v) is 21.6. The van der Waals surface area contributed by atoms with E-state index in [1.165, 1.54) is 168 Å². The number of benzene rings is 6. The van der Waals surface area contributed by atoms with Gasteiger partial charge in [-0.3, -0.25) is 0 Å². The number of nitrogens with zero attached hydrogens (tertiary/aromatic N) is 6. The van der Waals surface area contributed by atoms with Crippen molar-refractivity contribution in [3.05, 3.63) is 319 Å². The molecule has 0 amide bonds. The second-order valence-corrected chi connectivity index (χ2v) is 30.7. The molecular formula is C102H132N6+6. The van der Waals surface area contributed by atoms with Crippen molar-refractivity contribution in [3.8, 4) is 67.5 Å². The van der Waals surface area contributed by atoms with Gasteiger partial charge in [0.05, 0.1) is 0 Å². The second kappa shape index (κ2) is 40.4. The van der Waals surface area contributed by atoms with Gasteiger partial charge in [-0.1, -0.05) is 192 Å². The summed E-state index contributed by atoms with van der Waals surface area (Å²) in [5.41, 5.74) is 40.9. The van der Waals surface area contributed by atoms with Gasteiger partial charge >= 0.3 is 0 Å². The molecular weight excluding hydrogens is 1310 g/mol. The third kappa shape index (κ3) is 21.8. The Balaban J connectivity index is 0.000000181. The van der Waals surface area contributed by atoms with Crippen molar-refractivity contribution in [1.82, 2.24) is 0 Å². The van der Waals surface area contributed by atoms with Crippen LogP contribution in [0.4, 0.5) is 0 Å². The number of rotatable bonds is 15. The summed E-state index contributed by atoms with van der Waals surface area (Å²) in [5.74, 6) is 1.71. The molecule has 0 unspecified atom stereocenters. The number of hydrogen-bond acceptors (Lipinski definition) is 0. The molecule has 0 saturated carbocycles. The molecule has 12 rings (SSSR count). The molecule has 0 aliphatic carbocycles. The first-order valence-electron chi connectivity index (χ1n) is 39.9. The van der Waals surface area contributed by atoms with E-state index in [4.69, 9.17) is 0 Å². The van der Waals surface area contributed by atoms with Crippen LogP contribution in [-0.4, -0.2) is 0 Å². The molecule has 6 nitrogen and oxygen atoms in total. The second-order valence-electron chi connectivity index (χ2n) is 30.7. The molecule has 0 spiro atoms. The van der Waals surface area contributed by atoms with Crippen LogP contribution < -0.4 is 27.4 Å². The van der Waals surface area contributed by atoms with Gasteiger partial charge in [0.15, 0.2) is 37.2 Å². The maximum absolute atomic E-state index is 2.37. The van der Waals surface area contributed by atoms with E-state index in [2.05, 4.69) is 434 Å². The molecule has 0 radical (unpaired) electrons. The Labute approximate surface area is 654 Å². The van der Waals surface area contributed by atoms with E-state index < -0.39 is 0 Å². The molecule has 0 atom stereocenters. The highest BCUT2D eigenvalue weighted by Gasteiger charge is 2.23. The highest BCUT2D eigenvalue weighted by Crippen LogP contribution is 2.31. The topological polar surface area (TPSA) is 23.3 Å². The molecule has 6 heterocycles. The Hall–Kier alpha value is -9.78. The molecule has 6 heteroatoms. The number of pyridine rings is 6. The lowest BCUT2D eigenvalue weighted by Crippen LogP contribution is -2.32. The Kier molecular flexibility index (Phi) is 32.0. The molecule has 6 aromatic carbocycles. The first-order valence-corrected chi connectivity index (χ1v) is 39.9. The molecule has 0 saturated heterocycles. The van der Waals surface area contributed by atoms with Gasteiger partial charge in [0, 0.05) is 103 Å². The van der Waals surface area contributed by atoms with Gasteiger partial charge in [0.25, 0.3) is 0 Å². The van der Waals surface area contributed by atoms with Crippen LogP contribution in [0.15, 0.2) is 219 Å². The highest BCUT2D eigenvalue weighted by molar-refractivity contribution is 5.66. The quantitative estimate of drug-likeness (QED) is 0.0914. The fourth-order valence-electron chi connectivity index (χ4n) is 15.1. The molecule has 108 heavy (non-hydrogen) atoms. The van der Waals surface area contributed by atoms with E-state index >= 15 is 0 Å². The van der Waals surface area contributed by atoms with Crippen LogP contribution in [0.1, 0.15) is 201 Å². The van der Waals surface area contributed by atoms with Gasteiger partial charge in [0.1, 0.15) is 42.3 Å². The fraction of sp³-hybridized carbons (Fsp3) is 0.353. The molecule has 12 aromatic rings. The zero-order valence-electron chi connectivity index (χ0n) is 71.4. The summed E-state index contributed by atoms with van der Waals surface area (Å²) in [6.07, 6.45) is 20.1. The van der Waals surface area contributed by atoms with E-state index in [-0.39, 0.29) is 0 Å². The standard InChI is InChI=1S/2C18H24N.2C17H22N.2C16H20N/c1-6-15-12-19(5)18(11-17(15)13(2)3)16-10-8-7-9-14(16)4;1-6-15-11-18(16-10-8-7-9-14(16)4)19(5)12-17(15)13(2)3;1-12(2)16-10-17(18(5)11-14(16)4)15-9-7-6-8-13(15)3;1-5-14-11-17(18(4)12-15(14)6-2)16-10-8-7-9-13(16)3;1-5-14-10-16(17(4)11-13(14)3)15-9-7-6-8-12(15)2;1-5-14-11-17(4)16(10-13(14)3)15-9-7-6-8-12(15)2/h2*7-13H,6H2,1-5H3;6-12H,1-5H3;7-12H,5-6H2,1-4H3;2*6-11H,5H2,1-4H3/q6*+1. The van der Waals surface area contributed by atoms with Crippen molar-refractivity contribution >= 4 is 0 Å². The molecule has 6 aromatic heterocycles. The van der Waals surface area contributed by atoms with E-state index in [0.717, 1.165) is 38.5 Å². The summed E-state index contributed by atoms with van der Waals surface area (Å²) in [7, 11) is 12.8. The Bertz CT molecular complexity index is 4980. The van der Waals surface area contributed by atoms with Crippen molar-refractivity contribution in [2.75, 3.05) is 0 Å². The maximum atomic E-state index is 2.37. The number of aryl methyl sites for hydroxylation is 21. The van der Waals surface area contributed by atoms with Crippen LogP contribution in [0.2, 0.25) is 0 Å². The molecule has 0 N–H and O–H groups in total. The first kappa shape index (κ1) is 85.5. The maximum Gasteiger partial charge on any atom is 0.212 e. The minimum atomic E-state index is 0.564. The number of aromatic nitrogens is 6. The SMILES string of the molecule is CCc1c[n+](C)c(-c2ccccc2C)cc1C.CCc1c[n+](C)c(-c2ccccc2C)cc1C(C)C.CCc1cc(-c2ccccc2C)[n+](C)cc1C.CCc1cc(-c2ccccc2C)[n+](C)cc1C(C)C.CCc1cc(-c2ccccc2C)[n+](C)cc1CC.Cc1ccccc1-c1cc(C(C)C)c(C)c[n+]1C. The summed E-state index contributed by atoms with van der Waals surface area (Å²) >= 11 is 0. The minimum absolute atomic E-state index is 0.564. The van der Waals surface area contributed by atoms with Crippen LogP contribution >= 0.6 is 0 Å². The predicted octanol–water partition coefficient (Wildman–Crippen LogP) is 22.6. The van der Waals surface area contributed by atoms with Crippen molar-refractivity contribution in [1.29, 1.82) is 0 Å². The molecule has 564 valence electrons. The lowest BCUT2D eigenvalue weighted by atomic mass is 9.94. The van der Waals surface area contributed by atoms with Crippen molar-refractivity contribution in [3.63, 3.8) is 0 Å². The summed E-state index contributed by atoms with van der Waals surface area (Å²) in [4.78, 5) is 0. The summed E-state index contributed by atoms with van der Waals surface area (Å²) in [5, 5.41) is 0. The van der Waals surface area contributed by atoms with E-state index in [9.17, 15) is 0 Å². The minimum Gasteiger partial charge on any atom is -0.201 e. The fourth-order valence-corrected chi connectivity index (χ4v) is 15.1. The van der Waals surface area contributed by atoms with Crippen LogP contribution in [0.5, 0.6) is 0 Å². The largest absolute Gasteiger partial charge is 0.212 e. The summed E-state index contributed by atoms with van der Waals surface area (Å²) in [6, 6.07) is 65.5. The van der Waals surface area contributed by atoms with Crippen molar-refractivity contribution in [2.45, 2.75) is 202 Å². The average molecular weight is 1440 g/mol. The van der Waals surface area contributed by atoms with Crippen molar-refractivity contribution < 1.29 is 27.4 Å².